The highest BCUT2D eigenvalue weighted by molar-refractivity contribution is 6.01. The highest BCUT2D eigenvalue weighted by atomic mass is 16.3. The monoisotopic (exact) mass is 256 g/mol. The molecule has 1 saturated heterocycles. The van der Waals surface area contributed by atoms with Gasteiger partial charge in [-0.1, -0.05) is 36.4 Å². The Kier molecular flexibility index (Phi) is 2.68. The topological polar surface area (TPSA) is 52.6 Å². The van der Waals surface area contributed by atoms with E-state index in [0.29, 0.717) is 13.1 Å². The van der Waals surface area contributed by atoms with E-state index in [1.54, 1.807) is 11.8 Å². The van der Waals surface area contributed by atoms with Crippen LogP contribution in [0.3, 0.4) is 0 Å². The Morgan fingerprint density at radius 1 is 1.21 bits per heavy atom. The first-order valence-electron chi connectivity index (χ1n) is 6.31. The summed E-state index contributed by atoms with van der Waals surface area (Å²) >= 11 is 0. The van der Waals surface area contributed by atoms with Crippen molar-refractivity contribution in [3.05, 3.63) is 42.5 Å². The average Bonchev–Trinajstić information content (AvgIpc) is 2.36. The number of hydrogen-bond acceptors (Lipinski definition) is 2. The molecule has 1 heterocycles. The van der Waals surface area contributed by atoms with Crippen LogP contribution in [0.25, 0.3) is 10.8 Å². The number of likely N-dealkylation sites (tertiary alicyclic amines) is 1. The number of aliphatic hydroxyl groups is 1. The van der Waals surface area contributed by atoms with Crippen molar-refractivity contribution >= 4 is 22.5 Å². The van der Waals surface area contributed by atoms with Crippen LogP contribution < -0.4 is 5.32 Å². The van der Waals surface area contributed by atoms with Gasteiger partial charge < -0.3 is 15.3 Å². The molecule has 2 N–H and O–H groups in total. The number of fused-ring (bicyclic) bond motifs is 1. The number of benzene rings is 2. The number of anilines is 1. The Labute approximate surface area is 111 Å². The fraction of sp³-hybridized carbons (Fsp3) is 0.267. The summed E-state index contributed by atoms with van der Waals surface area (Å²) in [7, 11) is 0. The van der Waals surface area contributed by atoms with Crippen LogP contribution in [-0.4, -0.2) is 34.7 Å². The number of nitrogens with one attached hydrogen (secondary N) is 1. The number of hydrogen-bond donors (Lipinski definition) is 2. The van der Waals surface area contributed by atoms with Gasteiger partial charge in [0.25, 0.3) is 0 Å². The van der Waals surface area contributed by atoms with Gasteiger partial charge in [0.15, 0.2) is 0 Å². The molecule has 4 heteroatoms. The van der Waals surface area contributed by atoms with Crippen LogP contribution in [0.4, 0.5) is 10.5 Å². The van der Waals surface area contributed by atoms with Crippen LogP contribution in [-0.2, 0) is 0 Å². The Morgan fingerprint density at radius 2 is 1.89 bits per heavy atom. The smallest absolute Gasteiger partial charge is 0.322 e. The molecule has 0 aromatic heterocycles. The van der Waals surface area contributed by atoms with Gasteiger partial charge in [0, 0.05) is 5.39 Å². The third kappa shape index (κ3) is 2.27. The molecule has 0 radical (unpaired) electrons. The summed E-state index contributed by atoms with van der Waals surface area (Å²) in [4.78, 5) is 13.6. The van der Waals surface area contributed by atoms with Crippen molar-refractivity contribution in [2.75, 3.05) is 18.4 Å². The molecule has 2 aromatic rings. The maximum absolute atomic E-state index is 12.0. The van der Waals surface area contributed by atoms with Crippen molar-refractivity contribution in [3.63, 3.8) is 0 Å². The first-order chi connectivity index (χ1) is 9.05. The third-order valence-electron chi connectivity index (χ3n) is 3.38. The lowest BCUT2D eigenvalue weighted by Gasteiger charge is -2.43. The van der Waals surface area contributed by atoms with Gasteiger partial charge in [-0.2, -0.15) is 0 Å². The highest BCUT2D eigenvalue weighted by Gasteiger charge is 2.39. The second-order valence-corrected chi connectivity index (χ2v) is 5.31. The van der Waals surface area contributed by atoms with Crippen LogP contribution in [0.5, 0.6) is 0 Å². The van der Waals surface area contributed by atoms with E-state index >= 15 is 0 Å². The number of carbonyl (C=O) groups is 1. The van der Waals surface area contributed by atoms with Crippen LogP contribution in [0.15, 0.2) is 42.5 Å². The van der Waals surface area contributed by atoms with E-state index in [-0.39, 0.29) is 6.03 Å². The summed E-state index contributed by atoms with van der Waals surface area (Å²) in [6, 6.07) is 13.6. The molecule has 1 aliphatic heterocycles. The molecule has 0 unspecified atom stereocenters. The SMILES string of the molecule is CC1(O)CN(C(=O)Nc2cccc3ccccc23)C1. The zero-order chi connectivity index (χ0) is 13.5. The molecule has 2 amide bonds. The van der Waals surface area contributed by atoms with Crippen molar-refractivity contribution in [1.82, 2.24) is 4.90 Å². The van der Waals surface area contributed by atoms with E-state index in [4.69, 9.17) is 0 Å². The fourth-order valence-corrected chi connectivity index (χ4v) is 2.45. The van der Waals surface area contributed by atoms with Gasteiger partial charge in [0.05, 0.1) is 24.4 Å². The number of urea groups is 1. The minimum Gasteiger partial charge on any atom is -0.386 e. The standard InChI is InChI=1S/C15H16N2O2/c1-15(19)9-17(10-15)14(18)16-13-8-4-6-11-5-2-3-7-12(11)13/h2-8,19H,9-10H2,1H3,(H,16,18). The Bertz CT molecular complexity index is 624. The van der Waals surface area contributed by atoms with Gasteiger partial charge in [-0.15, -0.1) is 0 Å². The summed E-state index contributed by atoms with van der Waals surface area (Å²) in [5.41, 5.74) is 0.0606. The predicted molar refractivity (Wildman–Crippen MR) is 75.2 cm³/mol. The Morgan fingerprint density at radius 3 is 2.63 bits per heavy atom. The summed E-state index contributed by atoms with van der Waals surface area (Å²) in [6.07, 6.45) is 0. The van der Waals surface area contributed by atoms with E-state index in [1.165, 1.54) is 0 Å². The maximum Gasteiger partial charge on any atom is 0.322 e. The van der Waals surface area contributed by atoms with E-state index in [0.717, 1.165) is 16.5 Å². The molecular weight excluding hydrogens is 240 g/mol. The molecule has 98 valence electrons. The maximum atomic E-state index is 12.0. The molecule has 2 aromatic carbocycles. The van der Waals surface area contributed by atoms with E-state index in [1.807, 2.05) is 42.5 Å². The third-order valence-corrected chi connectivity index (χ3v) is 3.38. The Hall–Kier alpha value is -2.07. The van der Waals surface area contributed by atoms with Gasteiger partial charge in [-0.05, 0) is 18.4 Å². The van der Waals surface area contributed by atoms with Crippen molar-refractivity contribution in [3.8, 4) is 0 Å². The molecule has 0 saturated carbocycles. The van der Waals surface area contributed by atoms with Crippen LogP contribution in [0.1, 0.15) is 6.92 Å². The van der Waals surface area contributed by atoms with Crippen LogP contribution >= 0.6 is 0 Å². The van der Waals surface area contributed by atoms with Gasteiger partial charge in [0.2, 0.25) is 0 Å². The number of β-amino-alcohol motifs (C(OH)–C–C–N with tert-alkyl or cyclic N) is 1. The van der Waals surface area contributed by atoms with Gasteiger partial charge in [0.1, 0.15) is 0 Å². The van der Waals surface area contributed by atoms with Crippen molar-refractivity contribution in [1.29, 1.82) is 0 Å². The first kappa shape index (κ1) is 12.0. The number of carbonyl (C=O) groups excluding carboxylic acids is 1. The van der Waals surface area contributed by atoms with E-state index in [9.17, 15) is 9.90 Å². The molecule has 3 rings (SSSR count). The van der Waals surface area contributed by atoms with Gasteiger partial charge >= 0.3 is 6.03 Å². The predicted octanol–water partition coefficient (Wildman–Crippen LogP) is 2.44. The van der Waals surface area contributed by atoms with E-state index < -0.39 is 5.60 Å². The largest absolute Gasteiger partial charge is 0.386 e. The first-order valence-corrected chi connectivity index (χ1v) is 6.31. The molecule has 0 aliphatic carbocycles. The minimum absolute atomic E-state index is 0.164. The molecule has 1 fully saturated rings. The number of amides is 2. The lowest BCUT2D eigenvalue weighted by atomic mass is 9.98. The second kappa shape index (κ2) is 4.24. The van der Waals surface area contributed by atoms with Gasteiger partial charge in [-0.3, -0.25) is 0 Å². The van der Waals surface area contributed by atoms with Crippen molar-refractivity contribution in [2.24, 2.45) is 0 Å². The minimum atomic E-state index is -0.740. The lowest BCUT2D eigenvalue weighted by Crippen LogP contribution is -2.62. The normalized spacial score (nSPS) is 17.1. The molecule has 4 nitrogen and oxygen atoms in total. The Balaban J connectivity index is 1.80. The van der Waals surface area contributed by atoms with Gasteiger partial charge in [-0.25, -0.2) is 4.79 Å². The van der Waals surface area contributed by atoms with Crippen molar-refractivity contribution < 1.29 is 9.90 Å². The number of nitrogens with zero attached hydrogens (tertiary/aromatic N) is 1. The average molecular weight is 256 g/mol. The van der Waals surface area contributed by atoms with Crippen molar-refractivity contribution in [2.45, 2.75) is 12.5 Å². The van der Waals surface area contributed by atoms with Crippen LogP contribution in [0.2, 0.25) is 0 Å². The molecule has 0 bridgehead atoms. The molecule has 0 spiro atoms. The van der Waals surface area contributed by atoms with Crippen LogP contribution in [0, 0.1) is 0 Å². The summed E-state index contributed by atoms with van der Waals surface area (Å²) in [5, 5.41) is 14.7. The molecular formula is C15H16N2O2. The fourth-order valence-electron chi connectivity index (χ4n) is 2.45. The van der Waals surface area contributed by atoms with E-state index in [2.05, 4.69) is 5.32 Å². The highest BCUT2D eigenvalue weighted by Crippen LogP contribution is 2.25. The molecule has 19 heavy (non-hydrogen) atoms. The zero-order valence-corrected chi connectivity index (χ0v) is 10.8. The lowest BCUT2D eigenvalue weighted by molar-refractivity contribution is -0.0581. The number of rotatable bonds is 1. The second-order valence-electron chi connectivity index (χ2n) is 5.31. The quantitative estimate of drug-likeness (QED) is 0.823. The molecule has 1 aliphatic rings. The summed E-state index contributed by atoms with van der Waals surface area (Å²) in [5.74, 6) is 0. The molecule has 0 atom stereocenters. The summed E-state index contributed by atoms with van der Waals surface area (Å²) in [6.45, 7) is 2.49. The zero-order valence-electron chi connectivity index (χ0n) is 10.8. The summed E-state index contributed by atoms with van der Waals surface area (Å²) < 4.78 is 0.